The van der Waals surface area contributed by atoms with Gasteiger partial charge >= 0.3 is 0 Å². The topological polar surface area (TPSA) is 88.4 Å². The van der Waals surface area contributed by atoms with Crippen LogP contribution in [-0.2, 0) is 19.5 Å². The Morgan fingerprint density at radius 3 is 2.69 bits per heavy atom. The monoisotopic (exact) mass is 248 g/mol. The molecule has 1 N–H and O–H groups in total. The number of nitrogens with one attached hydrogen (secondary N) is 1. The SMILES string of the molecule is CC(C#N)S(=O)(=O)NCC1COC(C)(C)O1. The molecule has 0 aromatic rings. The van der Waals surface area contributed by atoms with Crippen molar-refractivity contribution in [3.8, 4) is 6.07 Å². The highest BCUT2D eigenvalue weighted by atomic mass is 32.2. The van der Waals surface area contributed by atoms with Crippen LogP contribution in [0, 0.1) is 11.3 Å². The van der Waals surface area contributed by atoms with Gasteiger partial charge in [0.25, 0.3) is 0 Å². The molecule has 0 aromatic carbocycles. The zero-order chi connectivity index (χ0) is 12.4. The number of hydrogen-bond donors (Lipinski definition) is 1. The third kappa shape index (κ3) is 3.42. The Kier molecular flexibility index (Phi) is 3.91. The summed E-state index contributed by atoms with van der Waals surface area (Å²) in [5.41, 5.74) is 0. The van der Waals surface area contributed by atoms with E-state index in [1.54, 1.807) is 19.9 Å². The maximum Gasteiger partial charge on any atom is 0.227 e. The van der Waals surface area contributed by atoms with E-state index >= 15 is 0 Å². The molecule has 16 heavy (non-hydrogen) atoms. The first-order chi connectivity index (χ1) is 7.27. The van der Waals surface area contributed by atoms with Gasteiger partial charge in [0.15, 0.2) is 11.0 Å². The zero-order valence-electron chi connectivity index (χ0n) is 9.56. The molecule has 1 fully saturated rings. The minimum Gasteiger partial charge on any atom is -0.348 e. The Hall–Kier alpha value is -0.680. The second kappa shape index (κ2) is 4.67. The number of sulfonamides is 1. The minimum atomic E-state index is -3.58. The lowest BCUT2D eigenvalue weighted by atomic mass is 10.4. The number of hydrogen-bond acceptors (Lipinski definition) is 5. The van der Waals surface area contributed by atoms with Crippen molar-refractivity contribution in [1.29, 1.82) is 5.26 Å². The molecule has 6 nitrogen and oxygen atoms in total. The summed E-state index contributed by atoms with van der Waals surface area (Å²) in [4.78, 5) is 0. The summed E-state index contributed by atoms with van der Waals surface area (Å²) >= 11 is 0. The van der Waals surface area contributed by atoms with Crippen LogP contribution >= 0.6 is 0 Å². The first kappa shape index (κ1) is 13.4. The fraction of sp³-hybridized carbons (Fsp3) is 0.889. The third-order valence-corrected chi connectivity index (χ3v) is 3.83. The van der Waals surface area contributed by atoms with Crippen LogP contribution < -0.4 is 4.72 Å². The number of ether oxygens (including phenoxy) is 2. The molecule has 0 saturated carbocycles. The Balaban J connectivity index is 2.45. The molecule has 0 aliphatic carbocycles. The third-order valence-electron chi connectivity index (χ3n) is 2.23. The number of nitriles is 1. The van der Waals surface area contributed by atoms with Crippen molar-refractivity contribution in [3.05, 3.63) is 0 Å². The zero-order valence-corrected chi connectivity index (χ0v) is 10.4. The van der Waals surface area contributed by atoms with Gasteiger partial charge in [-0.05, 0) is 20.8 Å². The van der Waals surface area contributed by atoms with E-state index in [2.05, 4.69) is 4.72 Å². The second-order valence-electron chi connectivity index (χ2n) is 4.12. The maximum atomic E-state index is 11.4. The summed E-state index contributed by atoms with van der Waals surface area (Å²) in [5, 5.41) is 7.45. The van der Waals surface area contributed by atoms with Gasteiger partial charge in [0.05, 0.1) is 18.8 Å². The van der Waals surface area contributed by atoms with Crippen molar-refractivity contribution >= 4 is 10.0 Å². The second-order valence-corrected chi connectivity index (χ2v) is 6.20. The first-order valence-electron chi connectivity index (χ1n) is 4.97. The van der Waals surface area contributed by atoms with Crippen LogP contribution in [0.15, 0.2) is 0 Å². The summed E-state index contributed by atoms with van der Waals surface area (Å²) in [5.74, 6) is -0.670. The van der Waals surface area contributed by atoms with Crippen LogP contribution in [-0.4, -0.2) is 38.7 Å². The van der Waals surface area contributed by atoms with Crippen LogP contribution in [0.5, 0.6) is 0 Å². The van der Waals surface area contributed by atoms with Crippen molar-refractivity contribution in [3.63, 3.8) is 0 Å². The van der Waals surface area contributed by atoms with Gasteiger partial charge in [-0.1, -0.05) is 0 Å². The number of rotatable bonds is 4. The van der Waals surface area contributed by atoms with Gasteiger partial charge in [0, 0.05) is 6.54 Å². The van der Waals surface area contributed by atoms with Gasteiger partial charge in [-0.15, -0.1) is 0 Å². The fourth-order valence-corrected chi connectivity index (χ4v) is 2.07. The van der Waals surface area contributed by atoms with E-state index < -0.39 is 21.1 Å². The van der Waals surface area contributed by atoms with E-state index in [0.717, 1.165) is 0 Å². The molecule has 0 bridgehead atoms. The molecule has 92 valence electrons. The normalized spacial score (nSPS) is 26.2. The predicted octanol–water partition coefficient (Wildman–Crippen LogP) is -0.0306. The van der Waals surface area contributed by atoms with Gasteiger partial charge in [-0.3, -0.25) is 0 Å². The average molecular weight is 248 g/mol. The smallest absolute Gasteiger partial charge is 0.227 e. The molecule has 1 rings (SSSR count). The lowest BCUT2D eigenvalue weighted by Crippen LogP contribution is -2.38. The summed E-state index contributed by atoms with van der Waals surface area (Å²) in [6.07, 6.45) is -0.310. The molecule has 0 radical (unpaired) electrons. The Bertz CT molecular complexity index is 385. The molecule has 0 spiro atoms. The van der Waals surface area contributed by atoms with Crippen LogP contribution in [0.1, 0.15) is 20.8 Å². The van der Waals surface area contributed by atoms with Gasteiger partial charge in [-0.2, -0.15) is 5.26 Å². The Morgan fingerprint density at radius 1 is 1.62 bits per heavy atom. The molecule has 1 heterocycles. The van der Waals surface area contributed by atoms with Crippen molar-refractivity contribution in [2.75, 3.05) is 13.2 Å². The van der Waals surface area contributed by atoms with Crippen LogP contribution in [0.3, 0.4) is 0 Å². The molecular formula is C9H16N2O4S. The van der Waals surface area contributed by atoms with Gasteiger partial charge in [-0.25, -0.2) is 13.1 Å². The summed E-state index contributed by atoms with van der Waals surface area (Å²) < 4.78 is 35.9. The van der Waals surface area contributed by atoms with E-state index in [-0.39, 0.29) is 12.6 Å². The Labute approximate surface area is 95.6 Å². The quantitative estimate of drug-likeness (QED) is 0.754. The summed E-state index contributed by atoms with van der Waals surface area (Å²) in [6.45, 7) is 5.32. The molecular weight excluding hydrogens is 232 g/mol. The Morgan fingerprint density at radius 2 is 2.25 bits per heavy atom. The van der Waals surface area contributed by atoms with Crippen molar-refractivity contribution in [1.82, 2.24) is 4.72 Å². The van der Waals surface area contributed by atoms with E-state index in [1.165, 1.54) is 6.92 Å². The largest absolute Gasteiger partial charge is 0.348 e. The molecule has 7 heteroatoms. The van der Waals surface area contributed by atoms with E-state index in [1.807, 2.05) is 0 Å². The molecule has 2 unspecified atom stereocenters. The van der Waals surface area contributed by atoms with Gasteiger partial charge < -0.3 is 9.47 Å². The van der Waals surface area contributed by atoms with E-state index in [0.29, 0.717) is 6.61 Å². The molecule has 1 aliphatic rings. The fourth-order valence-electron chi connectivity index (χ4n) is 1.27. The highest BCUT2D eigenvalue weighted by molar-refractivity contribution is 7.90. The highest BCUT2D eigenvalue weighted by Gasteiger charge is 2.33. The minimum absolute atomic E-state index is 0.123. The molecule has 1 saturated heterocycles. The van der Waals surface area contributed by atoms with Crippen molar-refractivity contribution < 1.29 is 17.9 Å². The van der Waals surface area contributed by atoms with E-state index in [4.69, 9.17) is 14.7 Å². The van der Waals surface area contributed by atoms with Crippen LogP contribution in [0.25, 0.3) is 0 Å². The van der Waals surface area contributed by atoms with Gasteiger partial charge in [0.2, 0.25) is 10.0 Å². The highest BCUT2D eigenvalue weighted by Crippen LogP contribution is 2.21. The molecule has 1 aliphatic heterocycles. The van der Waals surface area contributed by atoms with Gasteiger partial charge in [0.1, 0.15) is 0 Å². The lowest BCUT2D eigenvalue weighted by molar-refractivity contribution is -0.137. The lowest BCUT2D eigenvalue weighted by Gasteiger charge is -2.17. The van der Waals surface area contributed by atoms with E-state index in [9.17, 15) is 8.42 Å². The molecule has 0 amide bonds. The average Bonchev–Trinajstić information content (AvgIpc) is 2.54. The van der Waals surface area contributed by atoms with Crippen molar-refractivity contribution in [2.45, 2.75) is 37.9 Å². The van der Waals surface area contributed by atoms with Crippen molar-refractivity contribution in [2.24, 2.45) is 0 Å². The number of nitrogens with zero attached hydrogens (tertiary/aromatic N) is 1. The van der Waals surface area contributed by atoms with Crippen LogP contribution in [0.4, 0.5) is 0 Å². The maximum absolute atomic E-state index is 11.4. The predicted molar refractivity (Wildman–Crippen MR) is 56.9 cm³/mol. The molecule has 2 atom stereocenters. The first-order valence-corrected chi connectivity index (χ1v) is 6.51. The van der Waals surface area contributed by atoms with Crippen LogP contribution in [0.2, 0.25) is 0 Å². The molecule has 0 aromatic heterocycles. The summed E-state index contributed by atoms with van der Waals surface area (Å²) in [6, 6.07) is 1.67. The standard InChI is InChI=1S/C9H16N2O4S/c1-7(4-10)16(12,13)11-5-8-6-14-9(2,3)15-8/h7-8,11H,5-6H2,1-3H3. The summed E-state index contributed by atoms with van der Waals surface area (Å²) in [7, 11) is -3.58.